The van der Waals surface area contributed by atoms with Crippen LogP contribution in [0.25, 0.3) is 0 Å². The molecule has 16 heavy (non-hydrogen) atoms. The van der Waals surface area contributed by atoms with E-state index >= 15 is 0 Å². The smallest absolute Gasteiger partial charge is 0.305 e. The molecule has 0 aromatic rings. The van der Waals surface area contributed by atoms with E-state index in [0.717, 1.165) is 19.3 Å². The molecule has 1 amide bonds. The average molecular weight is 228 g/mol. The zero-order valence-electron chi connectivity index (χ0n) is 10.1. The molecular weight excluding hydrogens is 208 g/mol. The molecule has 1 fully saturated rings. The van der Waals surface area contributed by atoms with Gasteiger partial charge in [0.2, 0.25) is 5.91 Å². The highest BCUT2D eigenvalue weighted by atomic mass is 16.4. The van der Waals surface area contributed by atoms with Crippen LogP contribution in [0, 0.1) is 0 Å². The Morgan fingerprint density at radius 3 is 2.25 bits per heavy atom. The number of carboxylic acids is 1. The van der Waals surface area contributed by atoms with Crippen LogP contribution in [0.2, 0.25) is 0 Å². The maximum atomic E-state index is 11.9. The zero-order chi connectivity index (χ0) is 12.4. The molecule has 0 aromatic carbocycles. The minimum atomic E-state index is -0.859. The van der Waals surface area contributed by atoms with Crippen molar-refractivity contribution in [3.05, 3.63) is 0 Å². The van der Waals surface area contributed by atoms with Crippen LogP contribution in [0.4, 0.5) is 0 Å². The lowest BCUT2D eigenvalue weighted by atomic mass is 9.74. The number of aliphatic carboxylic acids is 1. The van der Waals surface area contributed by atoms with Crippen LogP contribution in [0.5, 0.6) is 0 Å². The maximum Gasteiger partial charge on any atom is 0.305 e. The van der Waals surface area contributed by atoms with E-state index in [2.05, 4.69) is 10.6 Å². The Kier molecular flexibility index (Phi) is 3.57. The van der Waals surface area contributed by atoms with Crippen LogP contribution in [0.3, 0.4) is 0 Å². The van der Waals surface area contributed by atoms with Gasteiger partial charge in [-0.25, -0.2) is 0 Å². The van der Waals surface area contributed by atoms with Crippen molar-refractivity contribution in [3.8, 4) is 0 Å². The summed E-state index contributed by atoms with van der Waals surface area (Å²) in [5, 5.41) is 14.6. The standard InChI is InChI=1S/C11H20N2O3/c1-10(2,12-3)9(16)13-11(5-4-6-11)7-8(14)15/h12H,4-7H2,1-3H3,(H,13,16)(H,14,15). The Morgan fingerprint density at radius 2 is 1.94 bits per heavy atom. The van der Waals surface area contributed by atoms with Gasteiger partial charge in [0.25, 0.3) is 0 Å². The number of hydrogen-bond donors (Lipinski definition) is 3. The molecule has 5 heteroatoms. The largest absolute Gasteiger partial charge is 0.481 e. The molecule has 5 nitrogen and oxygen atoms in total. The predicted octanol–water partition coefficient (Wildman–Crippen LogP) is 0.498. The molecule has 1 aliphatic carbocycles. The van der Waals surface area contributed by atoms with Crippen LogP contribution < -0.4 is 10.6 Å². The molecule has 92 valence electrons. The topological polar surface area (TPSA) is 78.4 Å². The first-order chi connectivity index (χ1) is 7.31. The number of amides is 1. The summed E-state index contributed by atoms with van der Waals surface area (Å²) in [7, 11) is 1.71. The van der Waals surface area contributed by atoms with E-state index in [1.54, 1.807) is 20.9 Å². The molecule has 1 aliphatic rings. The molecule has 0 unspecified atom stereocenters. The van der Waals surface area contributed by atoms with Gasteiger partial charge in [0.15, 0.2) is 0 Å². The molecule has 0 spiro atoms. The summed E-state index contributed by atoms with van der Waals surface area (Å²) < 4.78 is 0. The number of likely N-dealkylation sites (N-methyl/N-ethyl adjacent to an activating group) is 1. The van der Waals surface area contributed by atoms with Crippen molar-refractivity contribution in [2.24, 2.45) is 0 Å². The average Bonchev–Trinajstić information content (AvgIpc) is 2.13. The third-order valence-electron chi connectivity index (χ3n) is 3.37. The SMILES string of the molecule is CNC(C)(C)C(=O)NC1(CC(=O)O)CCC1. The Hall–Kier alpha value is -1.10. The molecule has 3 N–H and O–H groups in total. The van der Waals surface area contributed by atoms with Crippen LogP contribution >= 0.6 is 0 Å². The van der Waals surface area contributed by atoms with E-state index in [1.165, 1.54) is 0 Å². The molecule has 0 bridgehead atoms. The highest BCUT2D eigenvalue weighted by molar-refractivity contribution is 5.86. The molecule has 0 atom stereocenters. The van der Waals surface area contributed by atoms with Gasteiger partial charge >= 0.3 is 5.97 Å². The summed E-state index contributed by atoms with van der Waals surface area (Å²) in [5.74, 6) is -1.00. The van der Waals surface area contributed by atoms with E-state index in [0.29, 0.717) is 0 Å². The van der Waals surface area contributed by atoms with Crippen molar-refractivity contribution >= 4 is 11.9 Å². The lowest BCUT2D eigenvalue weighted by Crippen LogP contribution is -2.61. The Balaban J connectivity index is 2.64. The molecule has 0 radical (unpaired) electrons. The lowest BCUT2D eigenvalue weighted by molar-refractivity contribution is -0.141. The van der Waals surface area contributed by atoms with Crippen molar-refractivity contribution in [2.75, 3.05) is 7.05 Å². The fourth-order valence-electron chi connectivity index (χ4n) is 1.75. The van der Waals surface area contributed by atoms with Crippen molar-refractivity contribution in [1.82, 2.24) is 10.6 Å². The van der Waals surface area contributed by atoms with Crippen molar-refractivity contribution in [3.63, 3.8) is 0 Å². The Morgan fingerprint density at radius 1 is 1.38 bits per heavy atom. The highest BCUT2D eigenvalue weighted by Crippen LogP contribution is 2.35. The van der Waals surface area contributed by atoms with Gasteiger partial charge in [0.05, 0.1) is 17.5 Å². The second kappa shape index (κ2) is 4.41. The summed E-state index contributed by atoms with van der Waals surface area (Å²) in [6.45, 7) is 3.55. The molecular formula is C11H20N2O3. The van der Waals surface area contributed by atoms with E-state index < -0.39 is 17.0 Å². The van der Waals surface area contributed by atoms with Crippen LogP contribution in [-0.2, 0) is 9.59 Å². The molecule has 1 rings (SSSR count). The van der Waals surface area contributed by atoms with Crippen molar-refractivity contribution in [1.29, 1.82) is 0 Å². The molecule has 0 heterocycles. The van der Waals surface area contributed by atoms with Crippen LogP contribution in [0.15, 0.2) is 0 Å². The summed E-state index contributed by atoms with van der Waals surface area (Å²) in [4.78, 5) is 22.7. The predicted molar refractivity (Wildman–Crippen MR) is 60.1 cm³/mol. The van der Waals surface area contributed by atoms with Crippen molar-refractivity contribution in [2.45, 2.75) is 50.6 Å². The minimum absolute atomic E-state index is 0.0124. The van der Waals surface area contributed by atoms with Gasteiger partial charge in [0.1, 0.15) is 0 Å². The van der Waals surface area contributed by atoms with E-state index in [-0.39, 0.29) is 12.3 Å². The molecule has 1 saturated carbocycles. The van der Waals surface area contributed by atoms with Crippen LogP contribution in [-0.4, -0.2) is 35.1 Å². The number of nitrogens with one attached hydrogen (secondary N) is 2. The highest BCUT2D eigenvalue weighted by Gasteiger charge is 2.42. The second-order valence-corrected chi connectivity index (χ2v) is 5.03. The van der Waals surface area contributed by atoms with Gasteiger partial charge < -0.3 is 15.7 Å². The van der Waals surface area contributed by atoms with Gasteiger partial charge in [-0.15, -0.1) is 0 Å². The second-order valence-electron chi connectivity index (χ2n) is 5.03. The van der Waals surface area contributed by atoms with Gasteiger partial charge in [0, 0.05) is 0 Å². The number of carboxylic acid groups (broad SMARTS) is 1. The fraction of sp³-hybridized carbons (Fsp3) is 0.818. The number of rotatable bonds is 5. The molecule has 0 aromatic heterocycles. The van der Waals surface area contributed by atoms with Gasteiger partial charge in [-0.05, 0) is 40.2 Å². The van der Waals surface area contributed by atoms with E-state index in [4.69, 9.17) is 5.11 Å². The number of carbonyl (C=O) groups is 2. The van der Waals surface area contributed by atoms with Crippen LogP contribution in [0.1, 0.15) is 39.5 Å². The first-order valence-electron chi connectivity index (χ1n) is 5.55. The molecule has 0 aliphatic heterocycles. The summed E-state index contributed by atoms with van der Waals surface area (Å²) in [6, 6.07) is 0. The Bertz CT molecular complexity index is 296. The van der Waals surface area contributed by atoms with E-state index in [9.17, 15) is 9.59 Å². The number of carbonyl (C=O) groups excluding carboxylic acids is 1. The summed E-state index contributed by atoms with van der Waals surface area (Å²) in [6.07, 6.45) is 2.50. The monoisotopic (exact) mass is 228 g/mol. The van der Waals surface area contributed by atoms with Gasteiger partial charge in [-0.2, -0.15) is 0 Å². The van der Waals surface area contributed by atoms with E-state index in [1.807, 2.05) is 0 Å². The zero-order valence-corrected chi connectivity index (χ0v) is 10.1. The third-order valence-corrected chi connectivity index (χ3v) is 3.37. The Labute approximate surface area is 95.6 Å². The quantitative estimate of drug-likeness (QED) is 0.640. The summed E-state index contributed by atoms with van der Waals surface area (Å²) >= 11 is 0. The lowest BCUT2D eigenvalue weighted by Gasteiger charge is -2.43. The van der Waals surface area contributed by atoms with Gasteiger partial charge in [-0.3, -0.25) is 9.59 Å². The first kappa shape index (κ1) is 13.0. The molecule has 0 saturated heterocycles. The van der Waals surface area contributed by atoms with Crippen molar-refractivity contribution < 1.29 is 14.7 Å². The first-order valence-corrected chi connectivity index (χ1v) is 5.55. The maximum absolute atomic E-state index is 11.9. The third kappa shape index (κ3) is 2.72. The van der Waals surface area contributed by atoms with Gasteiger partial charge in [-0.1, -0.05) is 0 Å². The number of hydrogen-bond acceptors (Lipinski definition) is 3. The normalized spacial score (nSPS) is 18.7. The summed E-state index contributed by atoms with van der Waals surface area (Å²) in [5.41, 5.74) is -1.18. The fourth-order valence-corrected chi connectivity index (χ4v) is 1.75. The minimum Gasteiger partial charge on any atom is -0.481 e.